The van der Waals surface area contributed by atoms with Crippen molar-refractivity contribution < 1.29 is 33.6 Å². The van der Waals surface area contributed by atoms with E-state index < -0.39 is 41.8 Å². The van der Waals surface area contributed by atoms with Crippen LogP contribution in [0.1, 0.15) is 76.1 Å². The van der Waals surface area contributed by atoms with Crippen molar-refractivity contribution in [1.82, 2.24) is 25.9 Å². The second-order valence-electron chi connectivity index (χ2n) is 12.8. The van der Waals surface area contributed by atoms with E-state index in [9.17, 15) is 14.8 Å². The molecule has 220 valence electrons. The molecule has 1 amide bonds. The van der Waals surface area contributed by atoms with Crippen LogP contribution < -0.4 is 10.1 Å². The standard InChI is InChI=1S/C27H37BN6O7/c1-25(2,3)39-24(36)16-10-8-9-14(21(16)38-7)11-19(29-23(35)20(32-37)22-30-33-34-31-22)28-40-18-13-15-12-17(26(15,4)5)27(18,6)41-28/h8-10,15,17-19,37H,11-13H2,1-7H3,(H,29,35)(H,30,31,33,34)/b32-20-/t15-,17-,18+,19-,27-/m0/s1. The minimum Gasteiger partial charge on any atom is -0.496 e. The van der Waals surface area contributed by atoms with Gasteiger partial charge >= 0.3 is 13.1 Å². The van der Waals surface area contributed by atoms with Gasteiger partial charge in [0.05, 0.1) is 24.8 Å². The van der Waals surface area contributed by atoms with Crippen LogP contribution in [-0.4, -0.2) is 80.9 Å². The molecule has 13 nitrogen and oxygen atoms in total. The molecule has 4 aliphatic rings. The topological polar surface area (TPSA) is 170 Å². The number of aromatic nitrogens is 4. The second kappa shape index (κ2) is 10.4. The zero-order chi connectivity index (χ0) is 29.7. The number of nitrogens with zero attached hydrogens (tertiary/aromatic N) is 4. The Labute approximate surface area is 238 Å². The van der Waals surface area contributed by atoms with Crippen LogP contribution in [0.5, 0.6) is 5.75 Å². The fourth-order valence-corrected chi connectivity index (χ4v) is 6.70. The molecule has 3 N–H and O–H groups in total. The molecule has 3 aliphatic carbocycles. The molecule has 0 spiro atoms. The van der Waals surface area contributed by atoms with E-state index in [2.05, 4.69) is 51.9 Å². The molecule has 14 heteroatoms. The quantitative estimate of drug-likeness (QED) is 0.141. The highest BCUT2D eigenvalue weighted by Gasteiger charge is 2.68. The van der Waals surface area contributed by atoms with Crippen molar-refractivity contribution in [1.29, 1.82) is 0 Å². The normalized spacial score (nSPS) is 27.4. The summed E-state index contributed by atoms with van der Waals surface area (Å²) in [5.74, 6) is -0.973. The average molecular weight is 568 g/mol. The number of oxime groups is 1. The average Bonchev–Trinajstić information content (AvgIpc) is 3.55. The highest BCUT2D eigenvalue weighted by molar-refractivity contribution is 6.50. The van der Waals surface area contributed by atoms with Crippen molar-refractivity contribution in [3.63, 3.8) is 0 Å². The van der Waals surface area contributed by atoms with E-state index in [1.807, 2.05) is 0 Å². The number of benzene rings is 1. The molecule has 3 saturated carbocycles. The van der Waals surface area contributed by atoms with Gasteiger partial charge in [-0.05, 0) is 86.3 Å². The number of amides is 1. The Bertz CT molecular complexity index is 1340. The Balaban J connectivity index is 1.46. The van der Waals surface area contributed by atoms with Crippen LogP contribution in [0.3, 0.4) is 0 Å². The van der Waals surface area contributed by atoms with Crippen LogP contribution in [0, 0.1) is 17.3 Å². The number of esters is 1. The number of para-hydroxylation sites is 1. The lowest BCUT2D eigenvalue weighted by Crippen LogP contribution is -2.65. The third-order valence-electron chi connectivity index (χ3n) is 8.86. The minimum absolute atomic E-state index is 0.107. The number of methoxy groups -OCH3 is 1. The Kier molecular flexibility index (Phi) is 7.35. The Morgan fingerprint density at radius 2 is 2.05 bits per heavy atom. The van der Waals surface area contributed by atoms with Crippen molar-refractivity contribution in [3.8, 4) is 5.75 Å². The Morgan fingerprint density at radius 1 is 1.29 bits per heavy atom. The maximum atomic E-state index is 13.4. The lowest BCUT2D eigenvalue weighted by molar-refractivity contribution is -0.199. The summed E-state index contributed by atoms with van der Waals surface area (Å²) in [5.41, 5.74) is -0.621. The summed E-state index contributed by atoms with van der Waals surface area (Å²) in [6.45, 7) is 12.0. The summed E-state index contributed by atoms with van der Waals surface area (Å²) in [5, 5.41) is 28.6. The second-order valence-corrected chi connectivity index (χ2v) is 12.8. The first kappa shape index (κ1) is 29.0. The minimum atomic E-state index is -0.827. The summed E-state index contributed by atoms with van der Waals surface area (Å²) >= 11 is 0. The SMILES string of the molecule is COc1c(C[C@H](NC(=O)/C(=N\O)c2nnn[nH]2)B2O[C@@H]3C[C@@H]4C[C@@H](C4(C)C)[C@]3(C)O2)cccc1C(=O)OC(C)(C)C. The van der Waals surface area contributed by atoms with Gasteiger partial charge in [0.25, 0.3) is 5.91 Å². The monoisotopic (exact) mass is 568 g/mol. The van der Waals surface area contributed by atoms with E-state index in [1.54, 1.807) is 39.0 Å². The third kappa shape index (κ3) is 5.18. The molecule has 0 radical (unpaired) electrons. The predicted molar refractivity (Wildman–Crippen MR) is 146 cm³/mol. The van der Waals surface area contributed by atoms with Crippen molar-refractivity contribution in [2.24, 2.45) is 22.4 Å². The Hall–Kier alpha value is -3.52. The van der Waals surface area contributed by atoms with Crippen molar-refractivity contribution in [2.75, 3.05) is 7.11 Å². The number of carbonyl (C=O) groups excluding carboxylic acids is 2. The predicted octanol–water partition coefficient (Wildman–Crippen LogP) is 2.34. The summed E-state index contributed by atoms with van der Waals surface area (Å²) in [6, 6.07) is 5.16. The van der Waals surface area contributed by atoms with Gasteiger partial charge in [0.2, 0.25) is 11.5 Å². The molecule has 1 aromatic carbocycles. The van der Waals surface area contributed by atoms with Crippen LogP contribution in [0.15, 0.2) is 23.4 Å². The molecular weight excluding hydrogens is 531 g/mol. The van der Waals surface area contributed by atoms with E-state index in [1.165, 1.54) is 7.11 Å². The van der Waals surface area contributed by atoms with Crippen molar-refractivity contribution in [2.45, 2.75) is 84.1 Å². The van der Waals surface area contributed by atoms with E-state index >= 15 is 0 Å². The number of rotatable bonds is 8. The number of hydrogen-bond acceptors (Lipinski definition) is 11. The van der Waals surface area contributed by atoms with Gasteiger partial charge < -0.3 is 29.3 Å². The van der Waals surface area contributed by atoms with Gasteiger partial charge in [-0.3, -0.25) is 4.79 Å². The van der Waals surface area contributed by atoms with Gasteiger partial charge in [-0.15, -0.1) is 5.10 Å². The van der Waals surface area contributed by atoms with E-state index in [-0.39, 0.29) is 29.3 Å². The molecule has 1 aliphatic heterocycles. The van der Waals surface area contributed by atoms with Crippen LogP contribution in [0.25, 0.3) is 0 Å². The van der Waals surface area contributed by atoms with Gasteiger partial charge in [0, 0.05) is 0 Å². The van der Waals surface area contributed by atoms with Crippen LogP contribution in [-0.2, 0) is 25.3 Å². The van der Waals surface area contributed by atoms with Crippen molar-refractivity contribution in [3.05, 3.63) is 35.2 Å². The van der Waals surface area contributed by atoms with Crippen LogP contribution >= 0.6 is 0 Å². The van der Waals surface area contributed by atoms with Crippen molar-refractivity contribution >= 4 is 24.7 Å². The molecule has 2 bridgehead atoms. The molecule has 2 aromatic rings. The van der Waals surface area contributed by atoms with Gasteiger partial charge in [0.15, 0.2) is 0 Å². The number of ether oxygens (including phenoxy) is 2. The van der Waals surface area contributed by atoms with E-state index in [0.717, 1.165) is 12.8 Å². The molecule has 0 unspecified atom stereocenters. The fourth-order valence-electron chi connectivity index (χ4n) is 6.70. The molecule has 1 saturated heterocycles. The first-order valence-corrected chi connectivity index (χ1v) is 13.8. The van der Waals surface area contributed by atoms with Crippen LogP contribution in [0.2, 0.25) is 0 Å². The molecule has 41 heavy (non-hydrogen) atoms. The number of H-pyrrole nitrogens is 1. The first-order chi connectivity index (χ1) is 19.3. The number of tetrazole rings is 1. The molecule has 6 rings (SSSR count). The molecule has 4 fully saturated rings. The van der Waals surface area contributed by atoms with Gasteiger partial charge in [-0.1, -0.05) is 31.1 Å². The lowest BCUT2D eigenvalue weighted by atomic mass is 9.43. The van der Waals surface area contributed by atoms with E-state index in [4.69, 9.17) is 18.8 Å². The summed E-state index contributed by atoms with van der Waals surface area (Å²) in [4.78, 5) is 26.4. The number of hydrogen-bond donors (Lipinski definition) is 3. The van der Waals surface area contributed by atoms with E-state index in [0.29, 0.717) is 23.1 Å². The zero-order valence-corrected chi connectivity index (χ0v) is 24.4. The maximum Gasteiger partial charge on any atom is 0.482 e. The van der Waals surface area contributed by atoms with Gasteiger partial charge in [-0.2, -0.15) is 0 Å². The van der Waals surface area contributed by atoms with Gasteiger partial charge in [-0.25, -0.2) is 9.89 Å². The Morgan fingerprint density at radius 3 is 2.66 bits per heavy atom. The van der Waals surface area contributed by atoms with Crippen LogP contribution in [0.4, 0.5) is 0 Å². The summed E-state index contributed by atoms with van der Waals surface area (Å²) < 4.78 is 24.4. The highest BCUT2D eigenvalue weighted by Crippen LogP contribution is 2.65. The molecular formula is C27H37BN6O7. The smallest absolute Gasteiger partial charge is 0.482 e. The highest BCUT2D eigenvalue weighted by atomic mass is 16.7. The zero-order valence-electron chi connectivity index (χ0n) is 24.4. The molecule has 1 aromatic heterocycles. The number of carbonyl (C=O) groups is 2. The lowest BCUT2D eigenvalue weighted by Gasteiger charge is -2.64. The number of nitrogens with one attached hydrogen (secondary N) is 2. The molecule has 5 atom stereocenters. The largest absolute Gasteiger partial charge is 0.496 e. The number of aromatic amines is 1. The van der Waals surface area contributed by atoms with Gasteiger partial charge in [0.1, 0.15) is 16.9 Å². The summed E-state index contributed by atoms with van der Waals surface area (Å²) in [7, 11) is 0.646. The first-order valence-electron chi connectivity index (χ1n) is 13.8. The summed E-state index contributed by atoms with van der Waals surface area (Å²) in [6.07, 6.45) is 1.97. The molecule has 2 heterocycles. The fraction of sp³-hybridized carbons (Fsp3) is 0.630. The third-order valence-corrected chi connectivity index (χ3v) is 8.86. The maximum absolute atomic E-state index is 13.4.